The van der Waals surface area contributed by atoms with Gasteiger partial charge < -0.3 is 5.32 Å². The van der Waals surface area contributed by atoms with Crippen LogP contribution in [0.4, 0.5) is 11.4 Å². The average molecular weight is 345 g/mol. The van der Waals surface area contributed by atoms with Gasteiger partial charge in [-0.1, -0.05) is 30.3 Å². The molecule has 3 rings (SSSR count). The van der Waals surface area contributed by atoms with Crippen molar-refractivity contribution in [1.82, 2.24) is 9.62 Å². The van der Waals surface area contributed by atoms with Gasteiger partial charge in [-0.3, -0.25) is 0 Å². The molecule has 0 bridgehead atoms. The van der Waals surface area contributed by atoms with Crippen LogP contribution in [0.2, 0.25) is 0 Å². The summed E-state index contributed by atoms with van der Waals surface area (Å²) in [4.78, 5) is 0. The minimum Gasteiger partial charge on any atom is -0.320 e. The van der Waals surface area contributed by atoms with Crippen molar-refractivity contribution in [3.8, 4) is 0 Å². The van der Waals surface area contributed by atoms with Crippen LogP contribution in [0, 0.1) is 6.92 Å². The smallest absolute Gasteiger partial charge is 0.308 e. The molecule has 2 aromatic rings. The van der Waals surface area contributed by atoms with E-state index in [2.05, 4.69) is 5.32 Å². The third-order valence-corrected chi connectivity index (χ3v) is 6.02. The van der Waals surface area contributed by atoms with Gasteiger partial charge in [-0.25, -0.2) is 4.31 Å². The number of nitrogens with one attached hydrogen (secondary N) is 1. The van der Waals surface area contributed by atoms with Crippen LogP contribution in [0.25, 0.3) is 0 Å². The zero-order chi connectivity index (χ0) is 17.2. The van der Waals surface area contributed by atoms with Crippen LogP contribution in [0.15, 0.2) is 48.5 Å². The van der Waals surface area contributed by atoms with E-state index >= 15 is 0 Å². The second kappa shape index (κ2) is 6.93. The molecular weight excluding hydrogens is 322 g/mol. The van der Waals surface area contributed by atoms with Crippen molar-refractivity contribution < 1.29 is 8.42 Å². The van der Waals surface area contributed by atoms with Crippen molar-refractivity contribution in [2.45, 2.75) is 19.9 Å². The van der Waals surface area contributed by atoms with Crippen LogP contribution in [0.3, 0.4) is 0 Å². The van der Waals surface area contributed by atoms with Crippen LogP contribution in [-0.2, 0) is 16.8 Å². The molecule has 0 radical (unpaired) electrons. The van der Waals surface area contributed by atoms with Crippen molar-refractivity contribution in [3.63, 3.8) is 0 Å². The first-order valence-corrected chi connectivity index (χ1v) is 9.53. The highest BCUT2D eigenvalue weighted by atomic mass is 32.2. The van der Waals surface area contributed by atoms with Crippen LogP contribution in [0.1, 0.15) is 17.5 Å². The molecule has 0 fully saturated rings. The van der Waals surface area contributed by atoms with Crippen molar-refractivity contribution in [3.05, 3.63) is 59.7 Å². The summed E-state index contributed by atoms with van der Waals surface area (Å²) in [6.07, 6.45) is 0.777. The lowest BCUT2D eigenvalue weighted by molar-refractivity contribution is 0.392. The van der Waals surface area contributed by atoms with Crippen LogP contribution in [-0.4, -0.2) is 32.9 Å². The van der Waals surface area contributed by atoms with E-state index in [0.29, 0.717) is 18.8 Å². The highest BCUT2D eigenvalue weighted by Gasteiger charge is 2.37. The molecule has 1 heterocycles. The number of anilines is 2. The Morgan fingerprint density at radius 2 is 1.92 bits per heavy atom. The third kappa shape index (κ3) is 3.17. The number of para-hydroxylation sites is 1. The van der Waals surface area contributed by atoms with Gasteiger partial charge in [0.05, 0.1) is 11.4 Å². The van der Waals surface area contributed by atoms with Crippen LogP contribution < -0.4 is 9.62 Å². The summed E-state index contributed by atoms with van der Waals surface area (Å²) in [6.45, 7) is 3.68. The summed E-state index contributed by atoms with van der Waals surface area (Å²) < 4.78 is 29.5. The maximum absolute atomic E-state index is 13.2. The molecule has 1 N–H and O–H groups in total. The lowest BCUT2D eigenvalue weighted by Gasteiger charge is -2.37. The van der Waals surface area contributed by atoms with Crippen LogP contribution >= 0.6 is 0 Å². The normalized spacial score (nSPS) is 16.8. The molecule has 24 heavy (non-hydrogen) atoms. The Morgan fingerprint density at radius 3 is 2.67 bits per heavy atom. The topological polar surface area (TPSA) is 52.6 Å². The maximum atomic E-state index is 13.2. The molecule has 128 valence electrons. The molecule has 0 saturated carbocycles. The number of rotatable bonds is 5. The van der Waals surface area contributed by atoms with Gasteiger partial charge >= 0.3 is 10.2 Å². The summed E-state index contributed by atoms with van der Waals surface area (Å²) in [5, 5.41) is 3.07. The van der Waals surface area contributed by atoms with E-state index in [1.165, 1.54) is 4.31 Å². The molecule has 6 heteroatoms. The van der Waals surface area contributed by atoms with Crippen molar-refractivity contribution in [2.24, 2.45) is 0 Å². The first kappa shape index (κ1) is 17.0. The molecule has 0 amide bonds. The zero-order valence-electron chi connectivity index (χ0n) is 14.1. The second-order valence-electron chi connectivity index (χ2n) is 6.03. The summed E-state index contributed by atoms with van der Waals surface area (Å²) in [6, 6.07) is 15.3. The molecular formula is C18H23N3O2S. The number of aryl methyl sites for hydroxylation is 1. The average Bonchev–Trinajstić information content (AvgIpc) is 2.55. The number of hydrogen-bond donors (Lipinski definition) is 1. The maximum Gasteiger partial charge on any atom is 0.308 e. The van der Waals surface area contributed by atoms with Crippen molar-refractivity contribution >= 4 is 21.6 Å². The van der Waals surface area contributed by atoms with Gasteiger partial charge in [-0.05, 0) is 56.3 Å². The molecule has 0 saturated heterocycles. The molecule has 5 nitrogen and oxygen atoms in total. The second-order valence-corrected chi connectivity index (χ2v) is 7.81. The van der Waals surface area contributed by atoms with E-state index in [1.54, 1.807) is 4.31 Å². The van der Waals surface area contributed by atoms with Crippen molar-refractivity contribution in [1.29, 1.82) is 0 Å². The Kier molecular flexibility index (Phi) is 4.89. The number of benzene rings is 2. The van der Waals surface area contributed by atoms with Gasteiger partial charge in [-0.15, -0.1) is 0 Å². The molecule has 1 aliphatic heterocycles. The van der Waals surface area contributed by atoms with Gasteiger partial charge in [0.25, 0.3) is 0 Å². The Balaban J connectivity index is 2.07. The fourth-order valence-electron chi connectivity index (χ4n) is 3.01. The van der Waals surface area contributed by atoms with E-state index in [4.69, 9.17) is 0 Å². The summed E-state index contributed by atoms with van der Waals surface area (Å²) in [5.41, 5.74) is 3.49. The fraction of sp³-hybridized carbons (Fsp3) is 0.333. The lowest BCUT2D eigenvalue weighted by Crippen LogP contribution is -2.46. The highest BCUT2D eigenvalue weighted by Crippen LogP contribution is 2.38. The van der Waals surface area contributed by atoms with E-state index in [1.807, 2.05) is 62.5 Å². The summed E-state index contributed by atoms with van der Waals surface area (Å²) in [5.74, 6) is 0. The molecule has 1 aliphatic rings. The van der Waals surface area contributed by atoms with E-state index in [9.17, 15) is 8.42 Å². The molecule has 0 aliphatic carbocycles. The fourth-order valence-corrected chi connectivity index (χ4v) is 4.71. The third-order valence-electron chi connectivity index (χ3n) is 4.18. The van der Waals surface area contributed by atoms with Gasteiger partial charge in [0.1, 0.15) is 0 Å². The van der Waals surface area contributed by atoms with Gasteiger partial charge in [-0.2, -0.15) is 12.7 Å². The quantitative estimate of drug-likeness (QED) is 0.848. The SMILES string of the molecule is CNCCCN1Cc2ccccc2N(c2cccc(C)c2)S1(=O)=O. The van der Waals surface area contributed by atoms with Gasteiger partial charge in [0.2, 0.25) is 0 Å². The zero-order valence-corrected chi connectivity index (χ0v) is 14.9. The Bertz CT molecular complexity index is 821. The molecule has 0 spiro atoms. The first-order chi connectivity index (χ1) is 11.5. The largest absolute Gasteiger partial charge is 0.320 e. The van der Waals surface area contributed by atoms with Crippen molar-refractivity contribution in [2.75, 3.05) is 24.4 Å². The standard InChI is InChI=1S/C18H23N3O2S/c1-15-7-5-9-17(13-15)21-18-10-4-3-8-16(18)14-20(24(21,22)23)12-6-11-19-2/h3-5,7-10,13,19H,6,11-12,14H2,1-2H3. The lowest BCUT2D eigenvalue weighted by atomic mass is 10.1. The minimum absolute atomic E-state index is 0.421. The minimum atomic E-state index is -3.59. The van der Waals surface area contributed by atoms with Gasteiger partial charge in [0.15, 0.2) is 0 Å². The summed E-state index contributed by atoms with van der Waals surface area (Å²) >= 11 is 0. The Hall–Kier alpha value is -1.89. The van der Waals surface area contributed by atoms with Crippen LogP contribution in [0.5, 0.6) is 0 Å². The number of nitrogens with zero attached hydrogens (tertiary/aromatic N) is 2. The Labute approximate surface area is 144 Å². The van der Waals surface area contributed by atoms with E-state index in [-0.39, 0.29) is 0 Å². The molecule has 0 aromatic heterocycles. The number of hydrogen-bond acceptors (Lipinski definition) is 3. The highest BCUT2D eigenvalue weighted by molar-refractivity contribution is 7.90. The van der Waals surface area contributed by atoms with E-state index in [0.717, 1.165) is 29.8 Å². The van der Waals surface area contributed by atoms with Gasteiger partial charge in [0, 0.05) is 13.1 Å². The Morgan fingerprint density at radius 1 is 1.12 bits per heavy atom. The molecule has 0 atom stereocenters. The monoisotopic (exact) mass is 345 g/mol. The van der Waals surface area contributed by atoms with E-state index < -0.39 is 10.2 Å². The first-order valence-electron chi connectivity index (χ1n) is 8.13. The summed E-state index contributed by atoms with van der Waals surface area (Å²) in [7, 11) is -1.72. The predicted molar refractivity (Wildman–Crippen MR) is 97.6 cm³/mol. The predicted octanol–water partition coefficient (Wildman–Crippen LogP) is 2.80. The number of fused-ring (bicyclic) bond motifs is 1. The molecule has 2 aromatic carbocycles. The molecule has 0 unspecified atom stereocenters.